The average molecular weight is 282 g/mol. The van der Waals surface area contributed by atoms with Gasteiger partial charge in [0.2, 0.25) is 5.91 Å². The summed E-state index contributed by atoms with van der Waals surface area (Å²) in [6, 6.07) is 6.67. The molecule has 104 valence electrons. The molecule has 1 aromatic carbocycles. The van der Waals surface area contributed by atoms with E-state index in [1.807, 2.05) is 7.05 Å². The van der Waals surface area contributed by atoms with Gasteiger partial charge in [0, 0.05) is 32.2 Å². The highest BCUT2D eigenvalue weighted by Gasteiger charge is 2.27. The highest BCUT2D eigenvalue weighted by atomic mass is 35.5. The number of anilines is 1. The molecule has 1 fully saturated rings. The van der Waals surface area contributed by atoms with E-state index in [0.29, 0.717) is 6.42 Å². The molecule has 2 N–H and O–H groups in total. The zero-order valence-corrected chi connectivity index (χ0v) is 11.9. The molecule has 4 nitrogen and oxygen atoms in total. The Morgan fingerprint density at radius 3 is 3.00 bits per heavy atom. The van der Waals surface area contributed by atoms with E-state index in [1.54, 1.807) is 4.90 Å². The van der Waals surface area contributed by atoms with Gasteiger partial charge in [-0.2, -0.15) is 0 Å². The highest BCUT2D eigenvalue weighted by Crippen LogP contribution is 2.25. The van der Waals surface area contributed by atoms with Crippen molar-refractivity contribution in [3.8, 4) is 0 Å². The van der Waals surface area contributed by atoms with Crippen LogP contribution in [0.4, 0.5) is 5.69 Å². The monoisotopic (exact) mass is 281 g/mol. The molecule has 1 aromatic rings. The summed E-state index contributed by atoms with van der Waals surface area (Å²) in [6.07, 6.45) is 1.70. The number of amides is 1. The fourth-order valence-corrected chi connectivity index (χ4v) is 2.83. The van der Waals surface area contributed by atoms with Crippen LogP contribution in [0.1, 0.15) is 17.5 Å². The lowest BCUT2D eigenvalue weighted by Gasteiger charge is -2.23. The minimum Gasteiger partial charge on any atom is -0.380 e. The van der Waals surface area contributed by atoms with Gasteiger partial charge in [0.15, 0.2) is 0 Å². The fraction of sp³-hybridized carbons (Fsp3) is 0.500. The molecule has 0 radical (unpaired) electrons. The quantitative estimate of drug-likeness (QED) is 0.861. The van der Waals surface area contributed by atoms with Gasteiger partial charge in [-0.3, -0.25) is 4.79 Å². The molecular weight excluding hydrogens is 262 g/mol. The Kier molecular flexibility index (Phi) is 4.32. The van der Waals surface area contributed by atoms with E-state index >= 15 is 0 Å². The molecule has 19 heavy (non-hydrogen) atoms. The van der Waals surface area contributed by atoms with Crippen molar-refractivity contribution in [1.29, 1.82) is 0 Å². The number of benzene rings is 1. The molecule has 1 unspecified atom stereocenters. The first kappa shape index (κ1) is 14.2. The summed E-state index contributed by atoms with van der Waals surface area (Å²) in [6.45, 7) is 2.78. The van der Waals surface area contributed by atoms with Gasteiger partial charge in [-0.05, 0) is 30.2 Å². The van der Waals surface area contributed by atoms with Crippen molar-refractivity contribution >= 4 is 24.0 Å². The molecule has 3 rings (SSSR count). The molecule has 2 aliphatic rings. The number of hydrogen-bond acceptors (Lipinski definition) is 3. The van der Waals surface area contributed by atoms with Gasteiger partial charge >= 0.3 is 0 Å². The van der Waals surface area contributed by atoms with Crippen LogP contribution in [0, 0.1) is 0 Å². The van der Waals surface area contributed by atoms with Crippen LogP contribution >= 0.6 is 12.4 Å². The van der Waals surface area contributed by atoms with Crippen LogP contribution in [-0.4, -0.2) is 37.0 Å². The van der Waals surface area contributed by atoms with E-state index in [9.17, 15) is 4.79 Å². The van der Waals surface area contributed by atoms with Crippen molar-refractivity contribution in [2.45, 2.75) is 25.4 Å². The normalized spacial score (nSPS) is 21.8. The van der Waals surface area contributed by atoms with Crippen molar-refractivity contribution in [2.24, 2.45) is 0 Å². The molecule has 0 aliphatic carbocycles. The number of carbonyl (C=O) groups is 1. The highest BCUT2D eigenvalue weighted by molar-refractivity contribution is 5.85. The number of likely N-dealkylation sites (tertiary alicyclic amines) is 1. The number of nitrogens with zero attached hydrogens (tertiary/aromatic N) is 1. The van der Waals surface area contributed by atoms with Gasteiger partial charge in [0.25, 0.3) is 0 Å². The van der Waals surface area contributed by atoms with Gasteiger partial charge in [-0.1, -0.05) is 12.1 Å². The number of nitrogens with one attached hydrogen (secondary N) is 2. The Bertz CT molecular complexity index is 478. The third-order valence-electron chi connectivity index (χ3n) is 3.85. The Morgan fingerprint density at radius 1 is 1.42 bits per heavy atom. The molecule has 5 heteroatoms. The summed E-state index contributed by atoms with van der Waals surface area (Å²) in [7, 11) is 1.87. The summed E-state index contributed by atoms with van der Waals surface area (Å²) >= 11 is 0. The molecule has 0 aromatic heterocycles. The number of hydrogen-bond donors (Lipinski definition) is 2. The van der Waals surface area contributed by atoms with Crippen molar-refractivity contribution in [2.75, 3.05) is 25.5 Å². The second-order valence-electron chi connectivity index (χ2n) is 5.19. The standard InChI is InChI=1S/C14H19N3O.ClH/c1-17-9-11(7-14(17)18)16-13-4-2-3-10-5-6-15-8-12(10)13;/h2-4,11,15-16H,5-9H2,1H3;1H. The van der Waals surface area contributed by atoms with E-state index in [4.69, 9.17) is 0 Å². The van der Waals surface area contributed by atoms with E-state index in [0.717, 1.165) is 26.1 Å². The van der Waals surface area contributed by atoms with Crippen LogP contribution in [0.15, 0.2) is 18.2 Å². The maximum absolute atomic E-state index is 11.5. The predicted octanol–water partition coefficient (Wildman–Crippen LogP) is 1.40. The van der Waals surface area contributed by atoms with Crippen LogP contribution in [-0.2, 0) is 17.8 Å². The van der Waals surface area contributed by atoms with E-state index in [-0.39, 0.29) is 24.4 Å². The molecular formula is C14H20ClN3O. The lowest BCUT2D eigenvalue weighted by Crippen LogP contribution is -2.28. The summed E-state index contributed by atoms with van der Waals surface area (Å²) in [5.41, 5.74) is 3.98. The molecule has 0 bridgehead atoms. The number of likely N-dealkylation sites (N-methyl/N-ethyl adjacent to an activating group) is 1. The lowest BCUT2D eigenvalue weighted by molar-refractivity contribution is -0.126. The second-order valence-corrected chi connectivity index (χ2v) is 5.19. The third-order valence-corrected chi connectivity index (χ3v) is 3.85. The summed E-state index contributed by atoms with van der Waals surface area (Å²) in [5, 5.41) is 6.93. The molecule has 1 amide bonds. The van der Waals surface area contributed by atoms with Crippen LogP contribution in [0.2, 0.25) is 0 Å². The predicted molar refractivity (Wildman–Crippen MR) is 78.8 cm³/mol. The first-order valence-corrected chi connectivity index (χ1v) is 6.56. The van der Waals surface area contributed by atoms with Crippen LogP contribution in [0.25, 0.3) is 0 Å². The number of carbonyl (C=O) groups excluding carboxylic acids is 1. The van der Waals surface area contributed by atoms with Gasteiger partial charge < -0.3 is 15.5 Å². The minimum atomic E-state index is 0. The first-order chi connectivity index (χ1) is 8.74. The van der Waals surface area contributed by atoms with Gasteiger partial charge in [0.05, 0.1) is 6.04 Å². The van der Waals surface area contributed by atoms with Gasteiger partial charge in [0.1, 0.15) is 0 Å². The fourth-order valence-electron chi connectivity index (χ4n) is 2.83. The van der Waals surface area contributed by atoms with Crippen molar-refractivity contribution in [3.05, 3.63) is 29.3 Å². The van der Waals surface area contributed by atoms with Crippen molar-refractivity contribution in [3.63, 3.8) is 0 Å². The smallest absolute Gasteiger partial charge is 0.224 e. The molecule has 0 spiro atoms. The van der Waals surface area contributed by atoms with Crippen LogP contribution in [0.3, 0.4) is 0 Å². The zero-order valence-electron chi connectivity index (χ0n) is 11.1. The Hall–Kier alpha value is -1.26. The molecule has 0 saturated carbocycles. The van der Waals surface area contributed by atoms with E-state index in [1.165, 1.54) is 16.8 Å². The van der Waals surface area contributed by atoms with Gasteiger partial charge in [-0.25, -0.2) is 0 Å². The Balaban J connectivity index is 0.00000133. The van der Waals surface area contributed by atoms with E-state index in [2.05, 4.69) is 28.8 Å². The number of rotatable bonds is 2. The second kappa shape index (κ2) is 5.80. The van der Waals surface area contributed by atoms with Crippen molar-refractivity contribution < 1.29 is 4.79 Å². The Labute approximate surface area is 120 Å². The minimum absolute atomic E-state index is 0. The van der Waals surface area contributed by atoms with Crippen molar-refractivity contribution in [1.82, 2.24) is 10.2 Å². The SMILES string of the molecule is CN1CC(Nc2cccc3c2CNCC3)CC1=O.Cl. The number of fused-ring (bicyclic) bond motifs is 1. The number of halogens is 1. The third kappa shape index (κ3) is 2.85. The largest absolute Gasteiger partial charge is 0.380 e. The summed E-state index contributed by atoms with van der Waals surface area (Å²) in [5.74, 6) is 0.232. The van der Waals surface area contributed by atoms with Gasteiger partial charge in [-0.15, -0.1) is 12.4 Å². The maximum atomic E-state index is 11.5. The molecule has 1 atom stereocenters. The topological polar surface area (TPSA) is 44.4 Å². The first-order valence-electron chi connectivity index (χ1n) is 6.56. The maximum Gasteiger partial charge on any atom is 0.224 e. The average Bonchev–Trinajstić information content (AvgIpc) is 2.69. The van der Waals surface area contributed by atoms with Crippen LogP contribution < -0.4 is 10.6 Å². The summed E-state index contributed by atoms with van der Waals surface area (Å²) < 4.78 is 0. The lowest BCUT2D eigenvalue weighted by atomic mass is 9.99. The molecule has 1 saturated heterocycles. The summed E-state index contributed by atoms with van der Waals surface area (Å²) in [4.78, 5) is 13.3. The molecule has 2 aliphatic heterocycles. The van der Waals surface area contributed by atoms with E-state index < -0.39 is 0 Å². The zero-order chi connectivity index (χ0) is 12.5. The molecule has 2 heterocycles. The van der Waals surface area contributed by atoms with Crippen LogP contribution in [0.5, 0.6) is 0 Å². The Morgan fingerprint density at radius 2 is 2.26 bits per heavy atom.